The van der Waals surface area contributed by atoms with Gasteiger partial charge in [0.05, 0.1) is 5.02 Å². The highest BCUT2D eigenvalue weighted by molar-refractivity contribution is 6.33. The zero-order chi connectivity index (χ0) is 20.4. The fourth-order valence-electron chi connectivity index (χ4n) is 4.43. The van der Waals surface area contributed by atoms with E-state index in [0.29, 0.717) is 54.3 Å². The molecule has 2 aliphatic rings. The molecule has 1 aliphatic heterocycles. The van der Waals surface area contributed by atoms with E-state index in [2.05, 4.69) is 15.5 Å². The largest absolute Gasteiger partial charge is 0.356 e. The second-order valence-electron chi connectivity index (χ2n) is 8.00. The van der Waals surface area contributed by atoms with E-state index in [4.69, 9.17) is 16.1 Å². The Kier molecular flexibility index (Phi) is 5.85. The molecule has 29 heavy (non-hydrogen) atoms. The van der Waals surface area contributed by atoms with E-state index < -0.39 is 0 Å². The molecule has 7 nitrogen and oxygen atoms in total. The minimum atomic E-state index is 0.124. The Hall–Kier alpha value is -2.41. The average Bonchev–Trinajstić information content (AvgIpc) is 3.34. The van der Waals surface area contributed by atoms with Crippen LogP contribution in [0, 0.1) is 11.8 Å². The molecule has 2 aromatic rings. The third-order valence-electron chi connectivity index (χ3n) is 6.13. The van der Waals surface area contributed by atoms with E-state index in [9.17, 15) is 9.59 Å². The molecule has 0 radical (unpaired) electrons. The molecule has 0 bridgehead atoms. The molecule has 2 amide bonds. The Morgan fingerprint density at radius 3 is 2.93 bits per heavy atom. The van der Waals surface area contributed by atoms with Gasteiger partial charge in [0.2, 0.25) is 23.5 Å². The highest BCUT2D eigenvalue weighted by Gasteiger charge is 2.40. The first kappa shape index (κ1) is 19.9. The second-order valence-corrected chi connectivity index (χ2v) is 8.41. The molecule has 3 atom stereocenters. The first-order chi connectivity index (χ1) is 14.0. The number of amides is 2. The Labute approximate surface area is 174 Å². The van der Waals surface area contributed by atoms with Gasteiger partial charge >= 0.3 is 0 Å². The van der Waals surface area contributed by atoms with Crippen molar-refractivity contribution in [2.75, 3.05) is 13.6 Å². The summed E-state index contributed by atoms with van der Waals surface area (Å²) in [5.41, 5.74) is 0.732. The third kappa shape index (κ3) is 4.45. The van der Waals surface area contributed by atoms with E-state index in [0.717, 1.165) is 24.9 Å². The number of aromatic nitrogens is 2. The van der Waals surface area contributed by atoms with Gasteiger partial charge in [-0.2, -0.15) is 4.98 Å². The lowest BCUT2D eigenvalue weighted by atomic mass is 9.89. The van der Waals surface area contributed by atoms with Gasteiger partial charge in [-0.3, -0.25) is 9.59 Å². The quantitative estimate of drug-likeness (QED) is 0.781. The predicted molar refractivity (Wildman–Crippen MR) is 108 cm³/mol. The van der Waals surface area contributed by atoms with Gasteiger partial charge in [-0.15, -0.1) is 0 Å². The van der Waals surface area contributed by atoms with E-state index in [1.807, 2.05) is 30.1 Å². The maximum Gasteiger partial charge on any atom is 0.226 e. The van der Waals surface area contributed by atoms with E-state index >= 15 is 0 Å². The Balaban J connectivity index is 1.26. The van der Waals surface area contributed by atoms with Crippen LogP contribution in [0.5, 0.6) is 0 Å². The van der Waals surface area contributed by atoms with Gasteiger partial charge in [0, 0.05) is 44.5 Å². The Morgan fingerprint density at radius 1 is 1.31 bits per heavy atom. The fourth-order valence-corrected chi connectivity index (χ4v) is 4.65. The summed E-state index contributed by atoms with van der Waals surface area (Å²) in [4.78, 5) is 30.5. The number of aryl methyl sites for hydroxylation is 1. The summed E-state index contributed by atoms with van der Waals surface area (Å²) in [7, 11) is 1.88. The van der Waals surface area contributed by atoms with E-state index in [-0.39, 0.29) is 17.9 Å². The van der Waals surface area contributed by atoms with Crippen molar-refractivity contribution in [3.05, 3.63) is 35.2 Å². The van der Waals surface area contributed by atoms with Crippen LogP contribution >= 0.6 is 11.6 Å². The van der Waals surface area contributed by atoms with Gasteiger partial charge in [0.25, 0.3) is 0 Å². The maximum atomic E-state index is 12.6. The lowest BCUT2D eigenvalue weighted by Gasteiger charge is -2.24. The minimum Gasteiger partial charge on any atom is -0.356 e. The average molecular weight is 417 g/mol. The van der Waals surface area contributed by atoms with Gasteiger partial charge in [0.1, 0.15) is 0 Å². The molecular formula is C21H25ClN4O3. The summed E-state index contributed by atoms with van der Waals surface area (Å²) in [6, 6.07) is 7.57. The first-order valence-corrected chi connectivity index (χ1v) is 10.5. The molecule has 2 fully saturated rings. The molecule has 1 aromatic heterocycles. The molecule has 1 saturated heterocycles. The van der Waals surface area contributed by atoms with Crippen LogP contribution in [-0.4, -0.2) is 46.5 Å². The summed E-state index contributed by atoms with van der Waals surface area (Å²) >= 11 is 6.17. The lowest BCUT2D eigenvalue weighted by Crippen LogP contribution is -2.38. The number of nitrogens with zero attached hydrogens (tertiary/aromatic N) is 3. The minimum absolute atomic E-state index is 0.124. The first-order valence-electron chi connectivity index (χ1n) is 10.1. The highest BCUT2D eigenvalue weighted by atomic mass is 35.5. The molecule has 1 N–H and O–H groups in total. The molecular weight excluding hydrogens is 392 g/mol. The number of hydrogen-bond acceptors (Lipinski definition) is 5. The lowest BCUT2D eigenvalue weighted by molar-refractivity contribution is -0.132. The summed E-state index contributed by atoms with van der Waals surface area (Å²) in [6.45, 7) is 0.743. The van der Waals surface area contributed by atoms with Gasteiger partial charge in [0.15, 0.2) is 0 Å². The van der Waals surface area contributed by atoms with Crippen molar-refractivity contribution in [3.8, 4) is 11.4 Å². The van der Waals surface area contributed by atoms with E-state index in [1.165, 1.54) is 0 Å². The van der Waals surface area contributed by atoms with Crippen LogP contribution in [0.25, 0.3) is 11.4 Å². The molecule has 1 aromatic carbocycles. The highest BCUT2D eigenvalue weighted by Crippen LogP contribution is 2.38. The Morgan fingerprint density at radius 2 is 2.10 bits per heavy atom. The number of halogens is 1. The summed E-state index contributed by atoms with van der Waals surface area (Å²) in [6.07, 6.45) is 4.11. The molecule has 8 heteroatoms. The van der Waals surface area contributed by atoms with Crippen LogP contribution in [-0.2, 0) is 16.0 Å². The zero-order valence-corrected chi connectivity index (χ0v) is 17.2. The number of carbonyl (C=O) groups excluding carboxylic acids is 2. The Bertz CT molecular complexity index is 900. The number of rotatable bonds is 6. The topological polar surface area (TPSA) is 88.3 Å². The van der Waals surface area contributed by atoms with Crippen molar-refractivity contribution < 1.29 is 14.1 Å². The summed E-state index contributed by atoms with van der Waals surface area (Å²) in [5.74, 6) is 2.13. The van der Waals surface area contributed by atoms with Crippen molar-refractivity contribution >= 4 is 23.4 Å². The summed E-state index contributed by atoms with van der Waals surface area (Å²) in [5, 5.41) is 7.50. The van der Waals surface area contributed by atoms with Crippen LogP contribution in [0.1, 0.15) is 38.0 Å². The molecule has 0 unspecified atom stereocenters. The molecule has 154 valence electrons. The number of benzene rings is 1. The van der Waals surface area contributed by atoms with Crippen LogP contribution in [0.2, 0.25) is 5.02 Å². The normalized spacial score (nSPS) is 23.5. The monoisotopic (exact) mass is 416 g/mol. The van der Waals surface area contributed by atoms with Crippen LogP contribution in [0.15, 0.2) is 28.8 Å². The fraction of sp³-hybridized carbons (Fsp3) is 0.524. The van der Waals surface area contributed by atoms with Crippen molar-refractivity contribution in [2.45, 2.75) is 44.6 Å². The zero-order valence-electron chi connectivity index (χ0n) is 16.4. The predicted octanol–water partition coefficient (Wildman–Crippen LogP) is 3.09. The standard InChI is InChI=1S/C21H25ClN4O3/c1-26(15-9-13-11-18(27)23-12-14(13)10-15)20(28)8-4-7-19-24-21(25-29-19)16-5-2-3-6-17(16)22/h2-3,5-6,13-15H,4,7-12H2,1H3,(H,23,27)/t13-,14+,15-/m1/s1. The van der Waals surface area contributed by atoms with Gasteiger partial charge in [-0.1, -0.05) is 28.9 Å². The number of nitrogens with one attached hydrogen (secondary N) is 1. The van der Waals surface area contributed by atoms with Crippen molar-refractivity contribution in [3.63, 3.8) is 0 Å². The van der Waals surface area contributed by atoms with Crippen molar-refractivity contribution in [2.24, 2.45) is 11.8 Å². The van der Waals surface area contributed by atoms with Crippen LogP contribution < -0.4 is 5.32 Å². The number of carbonyl (C=O) groups is 2. The van der Waals surface area contributed by atoms with Gasteiger partial charge in [-0.05, 0) is 43.2 Å². The van der Waals surface area contributed by atoms with Gasteiger partial charge in [-0.25, -0.2) is 0 Å². The number of piperidine rings is 1. The number of hydrogen-bond donors (Lipinski definition) is 1. The smallest absolute Gasteiger partial charge is 0.226 e. The molecule has 2 heterocycles. The van der Waals surface area contributed by atoms with Gasteiger partial charge < -0.3 is 14.7 Å². The SMILES string of the molecule is CN(C(=O)CCCc1nc(-c2ccccc2Cl)no1)[C@H]1C[C@H]2CNC(=O)C[C@H]2C1. The molecule has 1 aliphatic carbocycles. The number of fused-ring (bicyclic) bond motifs is 1. The van der Waals surface area contributed by atoms with Crippen LogP contribution in [0.3, 0.4) is 0 Å². The molecule has 0 spiro atoms. The maximum absolute atomic E-state index is 12.6. The molecule has 1 saturated carbocycles. The van der Waals surface area contributed by atoms with Crippen molar-refractivity contribution in [1.82, 2.24) is 20.4 Å². The van der Waals surface area contributed by atoms with Crippen LogP contribution in [0.4, 0.5) is 0 Å². The van der Waals surface area contributed by atoms with E-state index in [1.54, 1.807) is 6.07 Å². The second kappa shape index (κ2) is 8.53. The summed E-state index contributed by atoms with van der Waals surface area (Å²) < 4.78 is 5.31. The van der Waals surface area contributed by atoms with Crippen molar-refractivity contribution in [1.29, 1.82) is 0 Å². The molecule has 4 rings (SSSR count). The third-order valence-corrected chi connectivity index (χ3v) is 6.46.